The molecule has 2 aromatic rings. The van der Waals surface area contributed by atoms with E-state index in [1.807, 2.05) is 62.4 Å². The Labute approximate surface area is 143 Å². The van der Waals surface area contributed by atoms with Crippen LogP contribution in [-0.4, -0.2) is 30.3 Å². The zero-order valence-electron chi connectivity index (χ0n) is 14.5. The van der Waals surface area contributed by atoms with Crippen LogP contribution in [0, 0.1) is 13.8 Å². The van der Waals surface area contributed by atoms with Crippen LogP contribution in [0.4, 0.5) is 5.69 Å². The van der Waals surface area contributed by atoms with Crippen LogP contribution in [-0.2, 0) is 16.0 Å². The molecule has 24 heavy (non-hydrogen) atoms. The minimum Gasteiger partial charge on any atom is -0.336 e. The number of likely N-dealkylation sites (N-methyl/N-ethyl adjacent to an activating group) is 1. The van der Waals surface area contributed by atoms with Gasteiger partial charge in [-0.3, -0.25) is 9.59 Å². The Morgan fingerprint density at radius 1 is 1.00 bits per heavy atom. The lowest BCUT2D eigenvalue weighted by molar-refractivity contribution is -0.133. The van der Waals surface area contributed by atoms with Crippen molar-refractivity contribution in [1.82, 2.24) is 4.90 Å². The summed E-state index contributed by atoms with van der Waals surface area (Å²) >= 11 is 0. The van der Waals surface area contributed by atoms with Gasteiger partial charge in [0.25, 0.3) is 0 Å². The van der Waals surface area contributed by atoms with E-state index in [-0.39, 0.29) is 18.4 Å². The molecular formula is C20H24N2O2. The summed E-state index contributed by atoms with van der Waals surface area (Å²) < 4.78 is 0. The van der Waals surface area contributed by atoms with E-state index in [1.54, 1.807) is 7.05 Å². The van der Waals surface area contributed by atoms with E-state index in [0.717, 1.165) is 22.4 Å². The molecular weight excluding hydrogens is 300 g/mol. The van der Waals surface area contributed by atoms with Crippen molar-refractivity contribution in [3.8, 4) is 0 Å². The number of hydrogen-bond donors (Lipinski definition) is 1. The first-order valence-corrected chi connectivity index (χ1v) is 8.11. The van der Waals surface area contributed by atoms with Gasteiger partial charge in [-0.25, -0.2) is 0 Å². The van der Waals surface area contributed by atoms with Gasteiger partial charge in [-0.1, -0.05) is 42.5 Å². The van der Waals surface area contributed by atoms with Gasteiger partial charge in [0.1, 0.15) is 0 Å². The van der Waals surface area contributed by atoms with Gasteiger partial charge in [0, 0.05) is 19.2 Å². The summed E-state index contributed by atoms with van der Waals surface area (Å²) in [5, 5.41) is 2.88. The van der Waals surface area contributed by atoms with Gasteiger partial charge in [-0.05, 0) is 43.0 Å². The molecule has 126 valence electrons. The second kappa shape index (κ2) is 8.29. The van der Waals surface area contributed by atoms with Crippen molar-refractivity contribution in [2.24, 2.45) is 0 Å². The van der Waals surface area contributed by atoms with E-state index in [1.165, 1.54) is 4.90 Å². The number of rotatable bonds is 6. The molecule has 0 saturated carbocycles. The van der Waals surface area contributed by atoms with Gasteiger partial charge in [0.2, 0.25) is 11.8 Å². The first kappa shape index (κ1) is 17.7. The Balaban J connectivity index is 1.84. The van der Waals surface area contributed by atoms with Crippen molar-refractivity contribution >= 4 is 17.5 Å². The van der Waals surface area contributed by atoms with Gasteiger partial charge in [0.05, 0.1) is 6.54 Å². The summed E-state index contributed by atoms with van der Waals surface area (Å²) in [5.74, 6) is -0.214. The minimum atomic E-state index is -0.181. The van der Waals surface area contributed by atoms with E-state index in [9.17, 15) is 9.59 Å². The fraction of sp³-hybridized carbons (Fsp3) is 0.300. The molecule has 4 heteroatoms. The topological polar surface area (TPSA) is 49.4 Å². The number of benzene rings is 2. The van der Waals surface area contributed by atoms with Crippen LogP contribution in [0.3, 0.4) is 0 Å². The zero-order chi connectivity index (χ0) is 17.5. The van der Waals surface area contributed by atoms with Crippen LogP contribution in [0.25, 0.3) is 0 Å². The highest BCUT2D eigenvalue weighted by molar-refractivity contribution is 5.95. The maximum atomic E-state index is 12.2. The number of anilines is 1. The second-order valence-electron chi connectivity index (χ2n) is 6.03. The van der Waals surface area contributed by atoms with E-state index in [2.05, 4.69) is 5.32 Å². The van der Waals surface area contributed by atoms with Gasteiger partial charge < -0.3 is 10.2 Å². The SMILES string of the molecule is Cc1cccc(NC(=O)CN(C)C(=O)CCc2ccccc2)c1C. The standard InChI is InChI=1S/C20H24N2O2/c1-15-8-7-11-18(16(15)2)21-19(23)14-22(3)20(24)13-12-17-9-5-4-6-10-17/h4-11H,12-14H2,1-3H3,(H,21,23). The van der Waals surface area contributed by atoms with Crippen LogP contribution < -0.4 is 5.32 Å². The third kappa shape index (κ3) is 4.95. The first-order valence-electron chi connectivity index (χ1n) is 8.11. The van der Waals surface area contributed by atoms with Crippen LogP contribution in [0.15, 0.2) is 48.5 Å². The van der Waals surface area contributed by atoms with Crippen molar-refractivity contribution in [1.29, 1.82) is 0 Å². The number of nitrogens with one attached hydrogen (secondary N) is 1. The molecule has 0 atom stereocenters. The average molecular weight is 324 g/mol. The normalized spacial score (nSPS) is 10.3. The highest BCUT2D eigenvalue weighted by atomic mass is 16.2. The quantitative estimate of drug-likeness (QED) is 0.886. The smallest absolute Gasteiger partial charge is 0.243 e. The Morgan fingerprint density at radius 3 is 2.42 bits per heavy atom. The zero-order valence-corrected chi connectivity index (χ0v) is 14.5. The van der Waals surface area contributed by atoms with Gasteiger partial charge in [0.15, 0.2) is 0 Å². The molecule has 1 N–H and O–H groups in total. The van der Waals surface area contributed by atoms with Crippen LogP contribution in [0.1, 0.15) is 23.1 Å². The lowest BCUT2D eigenvalue weighted by atomic mass is 10.1. The molecule has 0 aliphatic rings. The summed E-state index contributed by atoms with van der Waals surface area (Å²) in [7, 11) is 1.66. The Bertz CT molecular complexity index is 711. The molecule has 0 aliphatic carbocycles. The van der Waals surface area contributed by atoms with E-state index in [4.69, 9.17) is 0 Å². The monoisotopic (exact) mass is 324 g/mol. The summed E-state index contributed by atoms with van der Waals surface area (Å²) in [6.07, 6.45) is 1.08. The molecule has 0 spiro atoms. The number of carbonyl (C=O) groups excluding carboxylic acids is 2. The summed E-state index contributed by atoms with van der Waals surface area (Å²) in [6, 6.07) is 15.7. The maximum Gasteiger partial charge on any atom is 0.243 e. The fourth-order valence-electron chi connectivity index (χ4n) is 2.47. The van der Waals surface area contributed by atoms with E-state index >= 15 is 0 Å². The molecule has 2 rings (SSSR count). The molecule has 0 radical (unpaired) electrons. The predicted molar refractivity (Wildman–Crippen MR) is 96.9 cm³/mol. The van der Waals surface area contributed by atoms with Crippen LogP contribution in [0.2, 0.25) is 0 Å². The second-order valence-corrected chi connectivity index (χ2v) is 6.03. The van der Waals surface area contributed by atoms with Crippen molar-refractivity contribution in [2.75, 3.05) is 18.9 Å². The van der Waals surface area contributed by atoms with E-state index in [0.29, 0.717) is 12.8 Å². The molecule has 4 nitrogen and oxygen atoms in total. The molecule has 0 heterocycles. The fourth-order valence-corrected chi connectivity index (χ4v) is 2.47. The molecule has 2 aromatic carbocycles. The van der Waals surface area contributed by atoms with Crippen molar-refractivity contribution in [3.05, 3.63) is 65.2 Å². The van der Waals surface area contributed by atoms with Crippen LogP contribution >= 0.6 is 0 Å². The lowest BCUT2D eigenvalue weighted by Gasteiger charge is -2.17. The highest BCUT2D eigenvalue weighted by Crippen LogP contribution is 2.17. The van der Waals surface area contributed by atoms with Crippen molar-refractivity contribution in [3.63, 3.8) is 0 Å². The van der Waals surface area contributed by atoms with Gasteiger partial charge >= 0.3 is 0 Å². The predicted octanol–water partition coefficient (Wildman–Crippen LogP) is 3.33. The third-order valence-electron chi connectivity index (χ3n) is 4.16. The Hall–Kier alpha value is -2.62. The highest BCUT2D eigenvalue weighted by Gasteiger charge is 2.14. The molecule has 0 saturated heterocycles. The minimum absolute atomic E-state index is 0.0324. The van der Waals surface area contributed by atoms with Crippen molar-refractivity contribution < 1.29 is 9.59 Å². The number of amides is 2. The Kier molecular flexibility index (Phi) is 6.13. The van der Waals surface area contributed by atoms with Crippen LogP contribution in [0.5, 0.6) is 0 Å². The van der Waals surface area contributed by atoms with Gasteiger partial charge in [-0.15, -0.1) is 0 Å². The third-order valence-corrected chi connectivity index (χ3v) is 4.16. The molecule has 0 bridgehead atoms. The Morgan fingerprint density at radius 2 is 1.71 bits per heavy atom. The largest absolute Gasteiger partial charge is 0.336 e. The summed E-state index contributed by atoms with van der Waals surface area (Å²) in [5.41, 5.74) is 4.09. The van der Waals surface area contributed by atoms with Crippen molar-refractivity contribution in [2.45, 2.75) is 26.7 Å². The average Bonchev–Trinajstić information content (AvgIpc) is 2.57. The molecule has 2 amide bonds. The maximum absolute atomic E-state index is 12.2. The molecule has 0 fully saturated rings. The summed E-state index contributed by atoms with van der Waals surface area (Å²) in [6.45, 7) is 4.03. The lowest BCUT2D eigenvalue weighted by Crippen LogP contribution is -2.35. The number of nitrogens with zero attached hydrogens (tertiary/aromatic N) is 1. The molecule has 0 aromatic heterocycles. The number of aryl methyl sites for hydroxylation is 2. The summed E-state index contributed by atoms with van der Waals surface area (Å²) in [4.78, 5) is 25.8. The van der Waals surface area contributed by atoms with E-state index < -0.39 is 0 Å². The van der Waals surface area contributed by atoms with Gasteiger partial charge in [-0.2, -0.15) is 0 Å². The molecule has 0 aliphatic heterocycles. The number of hydrogen-bond acceptors (Lipinski definition) is 2. The number of carbonyl (C=O) groups is 2. The first-order chi connectivity index (χ1) is 11.5. The molecule has 0 unspecified atom stereocenters.